The number of carbonyl (C=O) groups excluding carboxylic acids is 1. The van der Waals surface area contributed by atoms with Gasteiger partial charge in [0.25, 0.3) is 0 Å². The monoisotopic (exact) mass is 399 g/mol. The fraction of sp³-hybridized carbons (Fsp3) is 0.583. The Balaban J connectivity index is 1.63. The number of nitrogens with zero attached hydrogens (tertiary/aromatic N) is 1. The van der Waals surface area contributed by atoms with Crippen molar-refractivity contribution in [2.75, 3.05) is 18.0 Å². The summed E-state index contributed by atoms with van der Waals surface area (Å²) in [7, 11) is 0. The largest absolute Gasteiger partial charge is 0.481 e. The second-order valence-corrected chi connectivity index (χ2v) is 9.53. The number of piperidine rings is 1. The van der Waals surface area contributed by atoms with E-state index in [1.54, 1.807) is 0 Å². The molecule has 1 N–H and O–H groups in total. The van der Waals surface area contributed by atoms with Gasteiger partial charge in [-0.2, -0.15) is 0 Å². The summed E-state index contributed by atoms with van der Waals surface area (Å²) in [5, 5.41) is 9.25. The maximum Gasteiger partial charge on any atom is 0.331 e. The van der Waals surface area contributed by atoms with E-state index >= 15 is 0 Å². The van der Waals surface area contributed by atoms with Crippen LogP contribution in [-0.2, 0) is 14.3 Å². The van der Waals surface area contributed by atoms with Crippen LogP contribution in [-0.4, -0.2) is 35.7 Å². The standard InChI is InChI=1S/C24H33NO4/c1-23(2,3)29-21(26)9-8-18-6-4-5-7-20(18)25-16-14-24(15-17-25)12-10-19(11-13-24)22(27)28/h4-9,19H,10-17H2,1-3H3,(H,27,28)/b9-8+. The molecular weight excluding hydrogens is 366 g/mol. The van der Waals surface area contributed by atoms with Gasteiger partial charge >= 0.3 is 11.9 Å². The summed E-state index contributed by atoms with van der Waals surface area (Å²) in [6, 6.07) is 8.15. The Labute approximate surface area is 173 Å². The third-order valence-corrected chi connectivity index (χ3v) is 6.30. The lowest BCUT2D eigenvalue weighted by Gasteiger charge is -2.46. The number of rotatable bonds is 4. The van der Waals surface area contributed by atoms with Gasteiger partial charge in [0, 0.05) is 24.9 Å². The van der Waals surface area contributed by atoms with E-state index in [0.717, 1.165) is 62.9 Å². The minimum atomic E-state index is -0.636. The molecule has 1 saturated heterocycles. The summed E-state index contributed by atoms with van der Waals surface area (Å²) in [5.74, 6) is -1.12. The van der Waals surface area contributed by atoms with Gasteiger partial charge in [0.2, 0.25) is 0 Å². The van der Waals surface area contributed by atoms with Gasteiger partial charge in [0.1, 0.15) is 5.60 Å². The first-order valence-electron chi connectivity index (χ1n) is 10.7. The van der Waals surface area contributed by atoms with Crippen molar-refractivity contribution in [1.82, 2.24) is 0 Å². The van der Waals surface area contributed by atoms with Gasteiger partial charge in [-0.15, -0.1) is 0 Å². The average molecular weight is 400 g/mol. The number of anilines is 1. The molecule has 158 valence electrons. The normalized spacial score (nSPS) is 20.2. The van der Waals surface area contributed by atoms with Gasteiger partial charge in [-0.1, -0.05) is 18.2 Å². The second kappa shape index (κ2) is 8.60. The number of aliphatic carboxylic acids is 1. The quantitative estimate of drug-likeness (QED) is 0.576. The topological polar surface area (TPSA) is 66.8 Å². The van der Waals surface area contributed by atoms with Gasteiger partial charge in [0.15, 0.2) is 0 Å². The van der Waals surface area contributed by atoms with Crippen molar-refractivity contribution in [2.24, 2.45) is 11.3 Å². The average Bonchev–Trinajstić information content (AvgIpc) is 2.66. The fourth-order valence-electron chi connectivity index (χ4n) is 4.61. The number of esters is 1. The molecule has 29 heavy (non-hydrogen) atoms. The van der Waals surface area contributed by atoms with Crippen LogP contribution in [0.4, 0.5) is 5.69 Å². The molecule has 2 aliphatic rings. The molecule has 0 bridgehead atoms. The molecule has 1 aliphatic heterocycles. The predicted octanol–water partition coefficient (Wildman–Crippen LogP) is 4.90. The van der Waals surface area contributed by atoms with E-state index < -0.39 is 11.6 Å². The molecule has 0 aromatic heterocycles. The van der Waals surface area contributed by atoms with Gasteiger partial charge < -0.3 is 14.7 Å². The molecule has 0 unspecified atom stereocenters. The van der Waals surface area contributed by atoms with Gasteiger partial charge in [-0.25, -0.2) is 4.79 Å². The number of carboxylic acids is 1. The van der Waals surface area contributed by atoms with E-state index in [1.165, 1.54) is 6.08 Å². The third kappa shape index (κ3) is 5.62. The van der Waals surface area contributed by atoms with Crippen LogP contribution in [0.3, 0.4) is 0 Å². The van der Waals surface area contributed by atoms with E-state index in [0.29, 0.717) is 5.41 Å². The van der Waals surface area contributed by atoms with Crippen LogP contribution in [0.25, 0.3) is 6.08 Å². The summed E-state index contributed by atoms with van der Waals surface area (Å²) in [6.45, 7) is 7.52. The summed E-state index contributed by atoms with van der Waals surface area (Å²) in [6.07, 6.45) is 9.21. The van der Waals surface area contributed by atoms with E-state index in [-0.39, 0.29) is 11.9 Å². The van der Waals surface area contributed by atoms with Crippen LogP contribution >= 0.6 is 0 Å². The van der Waals surface area contributed by atoms with Crippen molar-refractivity contribution in [3.05, 3.63) is 35.9 Å². The molecule has 1 spiro atoms. The number of ether oxygens (including phenoxy) is 1. The van der Waals surface area contributed by atoms with Crippen molar-refractivity contribution >= 4 is 23.7 Å². The highest BCUT2D eigenvalue weighted by molar-refractivity contribution is 5.88. The van der Waals surface area contributed by atoms with Gasteiger partial charge in [0.05, 0.1) is 5.92 Å². The summed E-state index contributed by atoms with van der Waals surface area (Å²) in [5.41, 5.74) is 1.97. The zero-order valence-electron chi connectivity index (χ0n) is 17.8. The second-order valence-electron chi connectivity index (χ2n) is 9.53. The van der Waals surface area contributed by atoms with E-state index in [2.05, 4.69) is 11.0 Å². The van der Waals surface area contributed by atoms with E-state index in [1.807, 2.05) is 45.0 Å². The number of hydrogen-bond donors (Lipinski definition) is 1. The molecule has 0 amide bonds. The van der Waals surface area contributed by atoms with Crippen LogP contribution in [0.15, 0.2) is 30.3 Å². The minimum absolute atomic E-state index is 0.155. The molecule has 1 aromatic carbocycles. The number of benzene rings is 1. The minimum Gasteiger partial charge on any atom is -0.481 e. The Morgan fingerprint density at radius 3 is 2.31 bits per heavy atom. The Morgan fingerprint density at radius 2 is 1.72 bits per heavy atom. The molecule has 1 heterocycles. The van der Waals surface area contributed by atoms with Crippen molar-refractivity contribution in [1.29, 1.82) is 0 Å². The SMILES string of the molecule is CC(C)(C)OC(=O)/C=C/c1ccccc1N1CCC2(CCC(C(=O)O)CC2)CC1. The number of hydrogen-bond acceptors (Lipinski definition) is 4. The number of para-hydroxylation sites is 1. The van der Waals surface area contributed by atoms with Crippen molar-refractivity contribution in [2.45, 2.75) is 64.9 Å². The molecule has 3 rings (SSSR count). The van der Waals surface area contributed by atoms with Crippen LogP contribution < -0.4 is 4.90 Å². The first-order valence-corrected chi connectivity index (χ1v) is 10.7. The summed E-state index contributed by atoms with van der Waals surface area (Å²) >= 11 is 0. The smallest absolute Gasteiger partial charge is 0.331 e. The highest BCUT2D eigenvalue weighted by Crippen LogP contribution is 2.47. The van der Waals surface area contributed by atoms with E-state index in [4.69, 9.17) is 4.74 Å². The molecule has 1 aliphatic carbocycles. The molecular formula is C24H33NO4. The summed E-state index contributed by atoms with van der Waals surface area (Å²) in [4.78, 5) is 25.7. The maximum atomic E-state index is 12.0. The van der Waals surface area contributed by atoms with Crippen molar-refractivity contribution in [3.8, 4) is 0 Å². The molecule has 1 saturated carbocycles. The molecule has 0 atom stereocenters. The van der Waals surface area contributed by atoms with Crippen LogP contribution in [0.2, 0.25) is 0 Å². The Hall–Kier alpha value is -2.30. The van der Waals surface area contributed by atoms with E-state index in [9.17, 15) is 14.7 Å². The Kier molecular flexibility index (Phi) is 6.35. The van der Waals surface area contributed by atoms with Gasteiger partial charge in [-0.05, 0) is 82.4 Å². The molecule has 2 fully saturated rings. The molecule has 0 radical (unpaired) electrons. The lowest BCUT2D eigenvalue weighted by molar-refractivity contribution is -0.148. The molecule has 5 nitrogen and oxygen atoms in total. The van der Waals surface area contributed by atoms with Crippen LogP contribution in [0, 0.1) is 11.3 Å². The third-order valence-electron chi connectivity index (χ3n) is 6.30. The van der Waals surface area contributed by atoms with Crippen molar-refractivity contribution in [3.63, 3.8) is 0 Å². The first kappa shape index (κ1) is 21.4. The Morgan fingerprint density at radius 1 is 1.10 bits per heavy atom. The highest BCUT2D eigenvalue weighted by atomic mass is 16.6. The zero-order chi connectivity index (χ0) is 21.1. The lowest BCUT2D eigenvalue weighted by Crippen LogP contribution is -2.42. The zero-order valence-corrected chi connectivity index (χ0v) is 17.8. The van der Waals surface area contributed by atoms with Gasteiger partial charge in [-0.3, -0.25) is 4.79 Å². The summed E-state index contributed by atoms with van der Waals surface area (Å²) < 4.78 is 5.36. The highest BCUT2D eigenvalue weighted by Gasteiger charge is 2.39. The predicted molar refractivity (Wildman–Crippen MR) is 115 cm³/mol. The maximum absolute atomic E-state index is 12.0. The van der Waals surface area contributed by atoms with Crippen LogP contribution in [0.1, 0.15) is 64.9 Å². The van der Waals surface area contributed by atoms with Crippen LogP contribution in [0.5, 0.6) is 0 Å². The van der Waals surface area contributed by atoms with Crippen molar-refractivity contribution < 1.29 is 19.4 Å². The number of carbonyl (C=O) groups is 2. The fourth-order valence-corrected chi connectivity index (χ4v) is 4.61. The molecule has 1 aromatic rings. The number of carboxylic acid groups (broad SMARTS) is 1. The first-order chi connectivity index (χ1) is 13.7. The Bertz CT molecular complexity index is 759. The lowest BCUT2D eigenvalue weighted by atomic mass is 9.65. The molecule has 5 heteroatoms.